The van der Waals surface area contributed by atoms with E-state index in [1.165, 1.54) is 0 Å². The second kappa shape index (κ2) is 4.23. The first-order valence-electron chi connectivity index (χ1n) is 5.88. The molecule has 3 aliphatic carbocycles. The fourth-order valence-electron chi connectivity index (χ4n) is 2.94. The molecule has 0 unspecified atom stereocenters. The Morgan fingerprint density at radius 2 is 1.89 bits per heavy atom. The maximum Gasteiger partial charge on any atom is 0.523 e. The van der Waals surface area contributed by atoms with Crippen LogP contribution >= 0.6 is 0 Å². The molecule has 3 nitrogen and oxygen atoms in total. The quantitative estimate of drug-likeness (QED) is 0.444. The Morgan fingerprint density at radius 3 is 2.33 bits per heavy atom. The van der Waals surface area contributed by atoms with Crippen LogP contribution in [0.4, 0.5) is 13.2 Å². The Morgan fingerprint density at radius 1 is 1.33 bits per heavy atom. The molecule has 0 heterocycles. The average Bonchev–Trinajstić information content (AvgIpc) is 2.27. The Labute approximate surface area is 104 Å². The average molecular weight is 284 g/mol. The lowest BCUT2D eigenvalue weighted by molar-refractivity contribution is -0.0703. The molecular weight excluding hydrogens is 269 g/mol. The third-order valence-electron chi connectivity index (χ3n) is 3.91. The van der Waals surface area contributed by atoms with E-state index in [1.807, 2.05) is 0 Å². The van der Waals surface area contributed by atoms with E-state index < -0.39 is 21.2 Å². The summed E-state index contributed by atoms with van der Waals surface area (Å²) >= 11 is 0. The van der Waals surface area contributed by atoms with Crippen molar-refractivity contribution in [3.8, 4) is 0 Å². The van der Waals surface area contributed by atoms with Gasteiger partial charge in [-0.1, -0.05) is 6.08 Å². The van der Waals surface area contributed by atoms with Crippen LogP contribution in [0.15, 0.2) is 11.6 Å². The van der Waals surface area contributed by atoms with E-state index in [2.05, 4.69) is 4.18 Å². The summed E-state index contributed by atoms with van der Waals surface area (Å²) in [5.74, 6) is 0.454. The molecule has 0 amide bonds. The minimum Gasteiger partial charge on any atom is -0.252 e. The van der Waals surface area contributed by atoms with Crippen molar-refractivity contribution in [3.05, 3.63) is 11.6 Å². The highest BCUT2D eigenvalue weighted by Gasteiger charge is 2.55. The number of allylic oxidation sites excluding steroid dienone is 1. The van der Waals surface area contributed by atoms with Gasteiger partial charge in [-0.3, -0.25) is 4.18 Å². The summed E-state index contributed by atoms with van der Waals surface area (Å²) in [5, 5.41) is 0. The van der Waals surface area contributed by atoms with E-state index in [4.69, 9.17) is 0 Å². The van der Waals surface area contributed by atoms with Crippen LogP contribution in [-0.2, 0) is 14.3 Å². The maximum absolute atomic E-state index is 12.4. The summed E-state index contributed by atoms with van der Waals surface area (Å²) in [5.41, 5.74) is -5.91. The van der Waals surface area contributed by atoms with E-state index in [1.54, 1.807) is 13.0 Å². The summed E-state index contributed by atoms with van der Waals surface area (Å²) in [6.45, 7) is 1.71. The number of rotatable bonds is 2. The number of alkyl halides is 3. The SMILES string of the molecule is C/C=C1\CC2CCC1(OS(=O)(=O)C(F)(F)F)CC2. The second-order valence-corrected chi connectivity index (χ2v) is 6.48. The molecule has 0 saturated heterocycles. The summed E-state index contributed by atoms with van der Waals surface area (Å²) in [7, 11) is -5.53. The van der Waals surface area contributed by atoms with E-state index in [0.29, 0.717) is 30.8 Å². The van der Waals surface area contributed by atoms with Crippen LogP contribution in [-0.4, -0.2) is 19.5 Å². The molecule has 0 radical (unpaired) electrons. The molecule has 0 atom stereocenters. The van der Waals surface area contributed by atoms with Crippen molar-refractivity contribution < 1.29 is 25.8 Å². The molecule has 3 saturated carbocycles. The third-order valence-corrected chi connectivity index (χ3v) is 5.01. The second-order valence-electron chi connectivity index (χ2n) is 4.94. The molecular formula is C11H15F3O3S. The molecule has 0 spiro atoms. The summed E-state index contributed by atoms with van der Waals surface area (Å²) in [6, 6.07) is 0. The molecule has 0 aliphatic heterocycles. The fraction of sp³-hybridized carbons (Fsp3) is 0.818. The van der Waals surface area contributed by atoms with E-state index in [0.717, 1.165) is 12.8 Å². The van der Waals surface area contributed by atoms with Gasteiger partial charge < -0.3 is 0 Å². The summed E-state index contributed by atoms with van der Waals surface area (Å²) in [6.07, 6.45) is 4.50. The lowest BCUT2D eigenvalue weighted by Crippen LogP contribution is -2.47. The van der Waals surface area contributed by atoms with Crippen molar-refractivity contribution in [3.63, 3.8) is 0 Å². The molecule has 0 N–H and O–H groups in total. The minimum atomic E-state index is -5.53. The molecule has 0 aromatic heterocycles. The molecule has 3 fully saturated rings. The minimum absolute atomic E-state index is 0.354. The van der Waals surface area contributed by atoms with Crippen molar-refractivity contribution >= 4 is 10.1 Å². The van der Waals surface area contributed by atoms with Gasteiger partial charge in [-0.2, -0.15) is 21.6 Å². The van der Waals surface area contributed by atoms with Gasteiger partial charge in [-0.15, -0.1) is 0 Å². The smallest absolute Gasteiger partial charge is 0.252 e. The van der Waals surface area contributed by atoms with Crippen LogP contribution in [0.2, 0.25) is 0 Å². The lowest BCUT2D eigenvalue weighted by atomic mass is 9.65. The zero-order valence-electron chi connectivity index (χ0n) is 9.96. The summed E-state index contributed by atoms with van der Waals surface area (Å²) < 4.78 is 64.2. The van der Waals surface area contributed by atoms with Crippen LogP contribution in [0.1, 0.15) is 39.0 Å². The predicted molar refractivity (Wildman–Crippen MR) is 59.1 cm³/mol. The first-order chi connectivity index (χ1) is 8.20. The van der Waals surface area contributed by atoms with Crippen molar-refractivity contribution in [1.29, 1.82) is 0 Å². The van der Waals surface area contributed by atoms with Crippen molar-refractivity contribution in [2.24, 2.45) is 5.92 Å². The van der Waals surface area contributed by atoms with E-state index >= 15 is 0 Å². The first kappa shape index (κ1) is 13.9. The molecule has 2 bridgehead atoms. The highest BCUT2D eigenvalue weighted by molar-refractivity contribution is 7.87. The highest BCUT2D eigenvalue weighted by Crippen LogP contribution is 2.51. The molecule has 3 aliphatic rings. The van der Waals surface area contributed by atoms with Crippen molar-refractivity contribution in [1.82, 2.24) is 0 Å². The van der Waals surface area contributed by atoms with E-state index in [9.17, 15) is 21.6 Å². The number of hydrogen-bond acceptors (Lipinski definition) is 3. The topological polar surface area (TPSA) is 43.4 Å². The number of fused-ring (bicyclic) bond motifs is 3. The molecule has 3 rings (SSSR count). The fourth-order valence-corrected chi connectivity index (χ4v) is 3.73. The Balaban J connectivity index is 2.31. The largest absolute Gasteiger partial charge is 0.523 e. The van der Waals surface area contributed by atoms with Crippen LogP contribution in [0.3, 0.4) is 0 Å². The third kappa shape index (κ3) is 2.18. The number of halogens is 3. The highest BCUT2D eigenvalue weighted by atomic mass is 32.2. The summed E-state index contributed by atoms with van der Waals surface area (Å²) in [4.78, 5) is 0. The zero-order valence-corrected chi connectivity index (χ0v) is 10.8. The van der Waals surface area contributed by atoms with Gasteiger partial charge in [0, 0.05) is 0 Å². The van der Waals surface area contributed by atoms with Crippen molar-refractivity contribution in [2.75, 3.05) is 0 Å². The molecule has 0 aromatic carbocycles. The van der Waals surface area contributed by atoms with Gasteiger partial charge in [-0.25, -0.2) is 0 Å². The van der Waals surface area contributed by atoms with Gasteiger partial charge in [0.1, 0.15) is 5.60 Å². The van der Waals surface area contributed by atoms with Crippen LogP contribution in [0.25, 0.3) is 0 Å². The van der Waals surface area contributed by atoms with Crippen molar-refractivity contribution in [2.45, 2.75) is 50.1 Å². The predicted octanol–water partition coefficient (Wildman–Crippen LogP) is 3.13. The van der Waals surface area contributed by atoms with Crippen LogP contribution in [0, 0.1) is 5.92 Å². The number of hydrogen-bond donors (Lipinski definition) is 0. The normalized spacial score (nSPS) is 35.1. The first-order valence-corrected chi connectivity index (χ1v) is 7.28. The van der Waals surface area contributed by atoms with Crippen LogP contribution < -0.4 is 0 Å². The van der Waals surface area contributed by atoms with E-state index in [-0.39, 0.29) is 0 Å². The standard InChI is InChI=1S/C11H15F3O3S/c1-2-9-7-8-3-5-10(9,6-4-8)17-18(15,16)11(12,13)14/h2,8H,3-7H2,1H3/b9-2+. The van der Waals surface area contributed by atoms with Gasteiger partial charge in [0.2, 0.25) is 0 Å². The van der Waals surface area contributed by atoms with Gasteiger partial charge in [0.15, 0.2) is 0 Å². The monoisotopic (exact) mass is 284 g/mol. The molecule has 7 heteroatoms. The Hall–Kier alpha value is -0.560. The lowest BCUT2D eigenvalue weighted by Gasteiger charge is -2.47. The van der Waals surface area contributed by atoms with Gasteiger partial charge in [0.05, 0.1) is 0 Å². The van der Waals surface area contributed by atoms with Gasteiger partial charge in [-0.05, 0) is 50.5 Å². The molecule has 0 aromatic rings. The van der Waals surface area contributed by atoms with Gasteiger partial charge >= 0.3 is 15.6 Å². The zero-order chi connectivity index (χ0) is 13.6. The molecule has 18 heavy (non-hydrogen) atoms. The van der Waals surface area contributed by atoms with Gasteiger partial charge in [0.25, 0.3) is 0 Å². The molecule has 104 valence electrons. The Kier molecular flexibility index (Phi) is 3.26. The Bertz CT molecular complexity index is 456. The van der Waals surface area contributed by atoms with Crippen LogP contribution in [0.5, 0.6) is 0 Å². The maximum atomic E-state index is 12.4.